The number of anilines is 1. The molecule has 0 aromatic heterocycles. The normalized spacial score (nSPS) is 19.0. The van der Waals surface area contributed by atoms with Crippen molar-refractivity contribution in [2.45, 2.75) is 39.7 Å². The second-order valence-corrected chi connectivity index (χ2v) is 8.51. The van der Waals surface area contributed by atoms with Crippen molar-refractivity contribution in [3.05, 3.63) is 29.3 Å². The van der Waals surface area contributed by atoms with Gasteiger partial charge in [0.1, 0.15) is 6.42 Å². The summed E-state index contributed by atoms with van der Waals surface area (Å²) in [7, 11) is -3.07. The van der Waals surface area contributed by atoms with E-state index in [9.17, 15) is 18.0 Å². The molecular formula is C17H24N2O4S. The lowest BCUT2D eigenvalue weighted by Crippen LogP contribution is -2.42. The summed E-state index contributed by atoms with van der Waals surface area (Å²) in [6.07, 6.45) is 0.165. The number of carbonyl (C=O) groups excluding carboxylic acids is 2. The zero-order chi connectivity index (χ0) is 17.9. The summed E-state index contributed by atoms with van der Waals surface area (Å²) in [6.45, 7) is 6.06. The van der Waals surface area contributed by atoms with Crippen LogP contribution in [-0.4, -0.2) is 49.2 Å². The third-order valence-electron chi connectivity index (χ3n) is 4.28. The Balaban J connectivity index is 1.98. The molecule has 132 valence electrons. The zero-order valence-corrected chi connectivity index (χ0v) is 15.1. The van der Waals surface area contributed by atoms with Crippen molar-refractivity contribution in [3.8, 4) is 0 Å². The summed E-state index contributed by atoms with van der Waals surface area (Å²) in [6, 6.07) is 5.35. The van der Waals surface area contributed by atoms with Gasteiger partial charge in [-0.1, -0.05) is 17.7 Å². The Bertz CT molecular complexity index is 743. The minimum atomic E-state index is -3.07. The maximum Gasteiger partial charge on any atom is 0.233 e. The highest BCUT2D eigenvalue weighted by atomic mass is 32.2. The molecule has 1 aromatic carbocycles. The fourth-order valence-electron chi connectivity index (χ4n) is 3.05. The highest BCUT2D eigenvalue weighted by Gasteiger charge is 2.34. The van der Waals surface area contributed by atoms with Gasteiger partial charge in [0.2, 0.25) is 11.8 Å². The monoisotopic (exact) mass is 352 g/mol. The zero-order valence-electron chi connectivity index (χ0n) is 14.3. The van der Waals surface area contributed by atoms with Crippen LogP contribution in [0.5, 0.6) is 0 Å². The highest BCUT2D eigenvalue weighted by molar-refractivity contribution is 7.91. The summed E-state index contributed by atoms with van der Waals surface area (Å²) >= 11 is 0. The fourth-order valence-corrected chi connectivity index (χ4v) is 4.78. The number of benzene rings is 1. The minimum Gasteiger partial charge on any atom is -0.338 e. The Kier molecular flexibility index (Phi) is 5.64. The molecule has 2 rings (SSSR count). The average Bonchev–Trinajstić information content (AvgIpc) is 2.82. The molecule has 1 unspecified atom stereocenters. The van der Waals surface area contributed by atoms with Crippen molar-refractivity contribution < 1.29 is 18.0 Å². The molecule has 1 fully saturated rings. The van der Waals surface area contributed by atoms with Crippen LogP contribution in [0.15, 0.2) is 18.2 Å². The first-order valence-corrected chi connectivity index (χ1v) is 9.91. The van der Waals surface area contributed by atoms with E-state index in [1.165, 1.54) is 4.90 Å². The van der Waals surface area contributed by atoms with Crippen molar-refractivity contribution in [1.29, 1.82) is 0 Å². The first-order chi connectivity index (χ1) is 11.2. The molecule has 1 N–H and O–H groups in total. The van der Waals surface area contributed by atoms with Crippen LogP contribution in [0.25, 0.3) is 0 Å². The third kappa shape index (κ3) is 4.56. The predicted molar refractivity (Wildman–Crippen MR) is 93.6 cm³/mol. The van der Waals surface area contributed by atoms with Crippen LogP contribution in [0, 0.1) is 13.8 Å². The van der Waals surface area contributed by atoms with Gasteiger partial charge >= 0.3 is 0 Å². The highest BCUT2D eigenvalue weighted by Crippen LogP contribution is 2.19. The smallest absolute Gasteiger partial charge is 0.233 e. The third-order valence-corrected chi connectivity index (χ3v) is 6.03. The molecule has 6 nitrogen and oxygen atoms in total. The summed E-state index contributed by atoms with van der Waals surface area (Å²) in [5.41, 5.74) is 2.72. The molecule has 1 atom stereocenters. The Labute approximate surface area is 143 Å². The van der Waals surface area contributed by atoms with Gasteiger partial charge in [-0.15, -0.1) is 0 Å². The predicted octanol–water partition coefficient (Wildman–Crippen LogP) is 1.67. The van der Waals surface area contributed by atoms with Gasteiger partial charge in [0.25, 0.3) is 0 Å². The lowest BCUT2D eigenvalue weighted by molar-refractivity contribution is -0.135. The Morgan fingerprint density at radius 2 is 2.00 bits per heavy atom. The molecule has 2 amide bonds. The van der Waals surface area contributed by atoms with Crippen molar-refractivity contribution >= 4 is 27.3 Å². The summed E-state index contributed by atoms with van der Waals surface area (Å²) in [4.78, 5) is 26.0. The second kappa shape index (κ2) is 7.34. The summed E-state index contributed by atoms with van der Waals surface area (Å²) < 4.78 is 23.2. The van der Waals surface area contributed by atoms with Gasteiger partial charge in [-0.05, 0) is 38.8 Å². The minimum absolute atomic E-state index is 0.00866. The number of carbonyl (C=O) groups is 2. The van der Waals surface area contributed by atoms with Crippen LogP contribution in [0.1, 0.15) is 30.9 Å². The number of rotatable bonds is 5. The standard InChI is InChI=1S/C17H24N2O4S/c1-4-19(14-7-8-24(22,23)11-14)17(21)10-16(20)18-15-6-5-12(2)9-13(15)3/h5-6,9,14H,4,7-8,10-11H2,1-3H3,(H,18,20). The molecule has 1 heterocycles. The molecule has 0 aliphatic carbocycles. The lowest BCUT2D eigenvalue weighted by atomic mass is 10.1. The van der Waals surface area contributed by atoms with E-state index in [1.807, 2.05) is 32.0 Å². The molecule has 1 saturated heterocycles. The van der Waals surface area contributed by atoms with E-state index < -0.39 is 9.84 Å². The van der Waals surface area contributed by atoms with E-state index in [0.29, 0.717) is 18.7 Å². The Morgan fingerprint density at radius 1 is 1.29 bits per heavy atom. The topological polar surface area (TPSA) is 83.6 Å². The molecule has 24 heavy (non-hydrogen) atoms. The van der Waals surface area contributed by atoms with E-state index in [1.54, 1.807) is 6.92 Å². The van der Waals surface area contributed by atoms with Crippen LogP contribution < -0.4 is 5.32 Å². The SMILES string of the molecule is CCN(C(=O)CC(=O)Nc1ccc(C)cc1C)C1CCS(=O)(=O)C1. The summed E-state index contributed by atoms with van der Waals surface area (Å²) in [5.74, 6) is -0.616. The van der Waals surface area contributed by atoms with Gasteiger partial charge in [-0.3, -0.25) is 9.59 Å². The number of amides is 2. The van der Waals surface area contributed by atoms with Gasteiger partial charge in [0.05, 0.1) is 11.5 Å². The fraction of sp³-hybridized carbons (Fsp3) is 0.529. The Hall–Kier alpha value is -1.89. The molecule has 7 heteroatoms. The Morgan fingerprint density at radius 3 is 2.54 bits per heavy atom. The van der Waals surface area contributed by atoms with Gasteiger partial charge < -0.3 is 10.2 Å². The van der Waals surface area contributed by atoms with Crippen LogP contribution in [0.2, 0.25) is 0 Å². The van der Waals surface area contributed by atoms with E-state index in [0.717, 1.165) is 11.1 Å². The van der Waals surface area contributed by atoms with E-state index in [4.69, 9.17) is 0 Å². The van der Waals surface area contributed by atoms with E-state index in [-0.39, 0.29) is 35.8 Å². The van der Waals surface area contributed by atoms with Gasteiger partial charge in [0.15, 0.2) is 9.84 Å². The van der Waals surface area contributed by atoms with Gasteiger partial charge in [-0.25, -0.2) is 8.42 Å². The molecule has 0 spiro atoms. The molecule has 1 aromatic rings. The van der Waals surface area contributed by atoms with Crippen molar-refractivity contribution in [2.75, 3.05) is 23.4 Å². The van der Waals surface area contributed by atoms with Crippen LogP contribution in [-0.2, 0) is 19.4 Å². The largest absolute Gasteiger partial charge is 0.338 e. The second-order valence-electron chi connectivity index (χ2n) is 6.28. The first-order valence-electron chi connectivity index (χ1n) is 8.09. The van der Waals surface area contributed by atoms with Gasteiger partial charge in [0, 0.05) is 18.3 Å². The maximum absolute atomic E-state index is 12.4. The van der Waals surface area contributed by atoms with Crippen molar-refractivity contribution in [2.24, 2.45) is 0 Å². The molecule has 1 aliphatic heterocycles. The number of hydrogen-bond donors (Lipinski definition) is 1. The summed E-state index contributed by atoms with van der Waals surface area (Å²) in [5, 5.41) is 2.75. The first kappa shape index (κ1) is 18.4. The molecule has 0 radical (unpaired) electrons. The molecule has 0 saturated carbocycles. The number of aryl methyl sites for hydroxylation is 2. The van der Waals surface area contributed by atoms with E-state index >= 15 is 0 Å². The van der Waals surface area contributed by atoms with Crippen LogP contribution >= 0.6 is 0 Å². The number of sulfone groups is 1. The maximum atomic E-state index is 12.4. The van der Waals surface area contributed by atoms with Crippen molar-refractivity contribution in [1.82, 2.24) is 4.90 Å². The quantitative estimate of drug-likeness (QED) is 0.817. The van der Waals surface area contributed by atoms with E-state index in [2.05, 4.69) is 5.32 Å². The number of hydrogen-bond acceptors (Lipinski definition) is 4. The number of nitrogens with one attached hydrogen (secondary N) is 1. The molecule has 0 bridgehead atoms. The van der Waals surface area contributed by atoms with Gasteiger partial charge in [-0.2, -0.15) is 0 Å². The lowest BCUT2D eigenvalue weighted by Gasteiger charge is -2.26. The molecular weight excluding hydrogens is 328 g/mol. The average molecular weight is 352 g/mol. The van der Waals surface area contributed by atoms with Crippen LogP contribution in [0.3, 0.4) is 0 Å². The number of nitrogens with zero attached hydrogens (tertiary/aromatic N) is 1. The van der Waals surface area contributed by atoms with Crippen LogP contribution in [0.4, 0.5) is 5.69 Å². The van der Waals surface area contributed by atoms with Crippen molar-refractivity contribution in [3.63, 3.8) is 0 Å². The molecule has 1 aliphatic rings.